The summed E-state index contributed by atoms with van der Waals surface area (Å²) < 4.78 is 5.79. The Labute approximate surface area is 176 Å². The van der Waals surface area contributed by atoms with Gasteiger partial charge in [0.15, 0.2) is 0 Å². The van der Waals surface area contributed by atoms with Crippen molar-refractivity contribution in [2.24, 2.45) is 5.92 Å². The molecule has 6 rings (SSSR count). The molecule has 0 radical (unpaired) electrons. The summed E-state index contributed by atoms with van der Waals surface area (Å²) in [6.45, 7) is 7.00. The lowest BCUT2D eigenvalue weighted by molar-refractivity contribution is 0.0989. The van der Waals surface area contributed by atoms with Crippen molar-refractivity contribution in [3.63, 3.8) is 0 Å². The molecule has 30 heavy (non-hydrogen) atoms. The van der Waals surface area contributed by atoms with Crippen molar-refractivity contribution >= 4 is 17.7 Å². The molecule has 1 saturated carbocycles. The number of ether oxygens (including phenoxy) is 1. The molecule has 1 aliphatic carbocycles. The second kappa shape index (κ2) is 7.31. The maximum absolute atomic E-state index is 5.79. The van der Waals surface area contributed by atoms with E-state index in [2.05, 4.69) is 30.7 Å². The molecule has 3 aliphatic heterocycles. The largest absolute Gasteiger partial charge is 0.374 e. The Balaban J connectivity index is 1.29. The predicted molar refractivity (Wildman–Crippen MR) is 114 cm³/mol. The van der Waals surface area contributed by atoms with Crippen LogP contribution in [0.1, 0.15) is 19.3 Å². The number of nitrogen functional groups attached to an aromatic ring is 1. The Bertz CT molecular complexity index is 910. The zero-order valence-corrected chi connectivity index (χ0v) is 17.2. The fourth-order valence-corrected chi connectivity index (χ4v) is 4.80. The van der Waals surface area contributed by atoms with Gasteiger partial charge in [-0.15, -0.1) is 0 Å². The third-order valence-corrected chi connectivity index (χ3v) is 6.73. The maximum atomic E-state index is 5.79. The summed E-state index contributed by atoms with van der Waals surface area (Å²) in [5.74, 6) is 2.98. The van der Waals surface area contributed by atoms with E-state index in [0.29, 0.717) is 12.1 Å². The molecule has 2 N–H and O–H groups in total. The first kappa shape index (κ1) is 18.3. The number of nitrogens with zero attached hydrogens (tertiary/aromatic N) is 7. The van der Waals surface area contributed by atoms with Crippen LogP contribution in [0.5, 0.6) is 0 Å². The molecule has 0 aromatic carbocycles. The summed E-state index contributed by atoms with van der Waals surface area (Å²) in [6.07, 6.45) is 7.69. The van der Waals surface area contributed by atoms with Crippen LogP contribution in [-0.2, 0) is 4.74 Å². The van der Waals surface area contributed by atoms with Crippen molar-refractivity contribution in [3.05, 3.63) is 18.5 Å². The van der Waals surface area contributed by atoms with Gasteiger partial charge in [0.1, 0.15) is 5.82 Å². The standard InChI is InChI=1S/C21H28N8O/c22-20-23-9-15(10-24-20)18-8-19(29-12-17-7-16(29)13-30-17)26-21(25-18)28-5-3-27(4-6-28)11-14-1-2-14/h8-10,14,16-17H,1-7,11-13H2,(H2,22,23,24)/t16-,17-/m0/s1. The molecule has 2 atom stereocenters. The van der Waals surface area contributed by atoms with Crippen LogP contribution in [0.15, 0.2) is 18.5 Å². The number of hydrogen-bond acceptors (Lipinski definition) is 9. The van der Waals surface area contributed by atoms with Crippen LogP contribution in [0.2, 0.25) is 0 Å². The van der Waals surface area contributed by atoms with Crippen molar-refractivity contribution in [2.75, 3.05) is 61.4 Å². The smallest absolute Gasteiger partial charge is 0.227 e. The topological polar surface area (TPSA) is 96.5 Å². The van der Waals surface area contributed by atoms with Gasteiger partial charge in [0.25, 0.3) is 0 Å². The minimum atomic E-state index is 0.272. The van der Waals surface area contributed by atoms with Crippen LogP contribution in [-0.4, -0.2) is 82.9 Å². The summed E-state index contributed by atoms with van der Waals surface area (Å²) in [6, 6.07) is 2.46. The number of fused-ring (bicyclic) bond motifs is 2. The number of rotatable bonds is 5. The van der Waals surface area contributed by atoms with Crippen LogP contribution in [0.4, 0.5) is 17.7 Å². The average Bonchev–Trinajstić information content (AvgIpc) is 3.33. The Hall–Kier alpha value is -2.52. The van der Waals surface area contributed by atoms with Crippen LogP contribution in [0, 0.1) is 5.92 Å². The summed E-state index contributed by atoms with van der Waals surface area (Å²) in [4.78, 5) is 25.5. The number of aromatic nitrogens is 4. The first-order chi connectivity index (χ1) is 14.7. The second-order valence-electron chi connectivity index (χ2n) is 8.97. The SMILES string of the molecule is Nc1ncc(-c2cc(N3C[C@@H]4C[C@H]3CO4)nc(N3CCN(CC4CC4)CC3)n2)cn1. The summed E-state index contributed by atoms with van der Waals surface area (Å²) in [7, 11) is 0. The molecule has 5 heterocycles. The van der Waals surface area contributed by atoms with Crippen molar-refractivity contribution in [3.8, 4) is 11.3 Å². The third-order valence-electron chi connectivity index (χ3n) is 6.73. The molecule has 0 unspecified atom stereocenters. The summed E-state index contributed by atoms with van der Waals surface area (Å²) in [5.41, 5.74) is 7.39. The molecule has 2 aromatic heterocycles. The highest BCUT2D eigenvalue weighted by atomic mass is 16.5. The minimum Gasteiger partial charge on any atom is -0.374 e. The Morgan fingerprint density at radius 3 is 2.53 bits per heavy atom. The second-order valence-corrected chi connectivity index (χ2v) is 8.97. The molecular weight excluding hydrogens is 380 g/mol. The van der Waals surface area contributed by atoms with Gasteiger partial charge in [0.2, 0.25) is 11.9 Å². The zero-order chi connectivity index (χ0) is 20.1. The molecular formula is C21H28N8O. The summed E-state index contributed by atoms with van der Waals surface area (Å²) >= 11 is 0. The minimum absolute atomic E-state index is 0.272. The van der Waals surface area contributed by atoms with Gasteiger partial charge in [0, 0.05) is 63.3 Å². The monoisotopic (exact) mass is 408 g/mol. The normalized spacial score (nSPS) is 26.5. The fraction of sp³-hybridized carbons (Fsp3) is 0.619. The van der Waals surface area contributed by atoms with Gasteiger partial charge < -0.3 is 20.3 Å². The van der Waals surface area contributed by atoms with Crippen molar-refractivity contribution in [2.45, 2.75) is 31.4 Å². The molecule has 4 fully saturated rings. The molecule has 158 valence electrons. The van der Waals surface area contributed by atoms with E-state index < -0.39 is 0 Å². The van der Waals surface area contributed by atoms with E-state index in [1.54, 1.807) is 12.4 Å². The molecule has 9 nitrogen and oxygen atoms in total. The van der Waals surface area contributed by atoms with E-state index in [-0.39, 0.29) is 5.95 Å². The highest BCUT2D eigenvalue weighted by Crippen LogP contribution is 2.34. The van der Waals surface area contributed by atoms with Gasteiger partial charge in [-0.3, -0.25) is 4.90 Å². The van der Waals surface area contributed by atoms with E-state index >= 15 is 0 Å². The Morgan fingerprint density at radius 1 is 1.07 bits per heavy atom. The predicted octanol–water partition coefficient (Wildman–Crippen LogP) is 1.03. The van der Waals surface area contributed by atoms with Crippen molar-refractivity contribution < 1.29 is 4.74 Å². The lowest BCUT2D eigenvalue weighted by atomic mass is 10.2. The van der Waals surface area contributed by atoms with Gasteiger partial charge >= 0.3 is 0 Å². The number of nitrogens with two attached hydrogens (primary N) is 1. The molecule has 9 heteroatoms. The van der Waals surface area contributed by atoms with Gasteiger partial charge in [-0.2, -0.15) is 4.98 Å². The summed E-state index contributed by atoms with van der Waals surface area (Å²) in [5, 5.41) is 0. The van der Waals surface area contributed by atoms with Gasteiger partial charge in [-0.1, -0.05) is 0 Å². The van der Waals surface area contributed by atoms with Crippen LogP contribution in [0.25, 0.3) is 11.3 Å². The van der Waals surface area contributed by atoms with E-state index in [9.17, 15) is 0 Å². The van der Waals surface area contributed by atoms with E-state index in [1.807, 2.05) is 0 Å². The van der Waals surface area contributed by atoms with E-state index in [1.165, 1.54) is 19.4 Å². The lowest BCUT2D eigenvalue weighted by Gasteiger charge is -2.35. The average molecular weight is 409 g/mol. The molecule has 2 aromatic rings. The van der Waals surface area contributed by atoms with Crippen LogP contribution in [0.3, 0.4) is 0 Å². The van der Waals surface area contributed by atoms with Crippen LogP contribution < -0.4 is 15.5 Å². The quantitative estimate of drug-likeness (QED) is 0.778. The van der Waals surface area contributed by atoms with Gasteiger partial charge in [-0.25, -0.2) is 15.0 Å². The first-order valence-corrected chi connectivity index (χ1v) is 11.0. The number of anilines is 3. The van der Waals surface area contributed by atoms with E-state index in [4.69, 9.17) is 20.4 Å². The molecule has 0 spiro atoms. The zero-order valence-electron chi connectivity index (χ0n) is 17.2. The highest BCUT2D eigenvalue weighted by Gasteiger charge is 2.40. The molecule has 3 saturated heterocycles. The van der Waals surface area contributed by atoms with Crippen LogP contribution >= 0.6 is 0 Å². The molecule has 2 bridgehead atoms. The highest BCUT2D eigenvalue weighted by molar-refractivity contribution is 5.64. The first-order valence-electron chi connectivity index (χ1n) is 11.0. The van der Waals surface area contributed by atoms with E-state index in [0.717, 1.165) is 74.7 Å². The Morgan fingerprint density at radius 2 is 1.87 bits per heavy atom. The number of hydrogen-bond donors (Lipinski definition) is 1. The maximum Gasteiger partial charge on any atom is 0.227 e. The number of morpholine rings is 1. The third kappa shape index (κ3) is 3.56. The fourth-order valence-electron chi connectivity index (χ4n) is 4.80. The number of piperazine rings is 1. The molecule has 0 amide bonds. The molecule has 4 aliphatic rings. The lowest BCUT2D eigenvalue weighted by Crippen LogP contribution is -2.47. The van der Waals surface area contributed by atoms with Crippen molar-refractivity contribution in [1.82, 2.24) is 24.8 Å². The van der Waals surface area contributed by atoms with Gasteiger partial charge in [0.05, 0.1) is 24.4 Å². The van der Waals surface area contributed by atoms with Gasteiger partial charge in [-0.05, 0) is 25.2 Å². The Kier molecular flexibility index (Phi) is 4.45. The van der Waals surface area contributed by atoms with Crippen molar-refractivity contribution in [1.29, 1.82) is 0 Å².